The second kappa shape index (κ2) is 47.2. The summed E-state index contributed by atoms with van der Waals surface area (Å²) in [6, 6.07) is 7.31. The minimum absolute atomic E-state index is 0.195. The zero-order chi connectivity index (χ0) is 42.2. The molecule has 1 aromatic carbocycles. The molecule has 0 amide bonds. The number of nitrogens with one attached hydrogen (secondary N) is 1. The highest BCUT2D eigenvalue weighted by molar-refractivity contribution is 5.89. The first-order chi connectivity index (χ1) is 29.3. The molecule has 0 aliphatic carbocycles. The van der Waals surface area contributed by atoms with Gasteiger partial charge in [-0.2, -0.15) is 0 Å². The van der Waals surface area contributed by atoms with Gasteiger partial charge >= 0.3 is 5.97 Å². The lowest BCUT2D eigenvalue weighted by atomic mass is 10.0. The molecule has 0 aromatic heterocycles. The van der Waals surface area contributed by atoms with Crippen molar-refractivity contribution in [3.05, 3.63) is 29.8 Å². The fraction of sp³-hybridized carbons (Fsp3) is 0.851. The molecule has 0 aliphatic heterocycles. The lowest BCUT2D eigenvalue weighted by molar-refractivity contribution is -0.0259. The molecule has 0 radical (unpaired) electrons. The molecule has 0 fully saturated rings. The van der Waals surface area contributed by atoms with Gasteiger partial charge in [-0.15, -0.1) is 0 Å². The van der Waals surface area contributed by atoms with Crippen LogP contribution in [0.2, 0.25) is 0 Å². The van der Waals surface area contributed by atoms with Crippen molar-refractivity contribution in [2.75, 3.05) is 137 Å². The van der Waals surface area contributed by atoms with Crippen LogP contribution in [0.15, 0.2) is 24.3 Å². The van der Waals surface area contributed by atoms with E-state index >= 15 is 0 Å². The van der Waals surface area contributed by atoms with Crippen LogP contribution in [0.25, 0.3) is 0 Å². The van der Waals surface area contributed by atoms with Gasteiger partial charge in [-0.25, -0.2) is 4.79 Å². The lowest BCUT2D eigenvalue weighted by Gasteiger charge is -2.09. The maximum atomic E-state index is 12.2. The summed E-state index contributed by atoms with van der Waals surface area (Å²) >= 11 is 0. The number of ether oxygens (including phenoxy) is 10. The molecule has 0 unspecified atom stereocenters. The zero-order valence-electron chi connectivity index (χ0n) is 37.7. The number of rotatable bonds is 49. The fourth-order valence-electron chi connectivity index (χ4n) is 6.02. The van der Waals surface area contributed by atoms with Crippen LogP contribution in [0.1, 0.15) is 140 Å². The maximum absolute atomic E-state index is 12.2. The molecular weight excluding hydrogens is 755 g/mol. The van der Waals surface area contributed by atoms with Gasteiger partial charge in [0.2, 0.25) is 0 Å². The lowest BCUT2D eigenvalue weighted by Crippen LogP contribution is -2.15. The number of hydrogen-bond acceptors (Lipinski definition) is 12. The molecule has 1 N–H and O–H groups in total. The maximum Gasteiger partial charge on any atom is 0.338 e. The Hall–Kier alpha value is -1.87. The van der Waals surface area contributed by atoms with Gasteiger partial charge in [0.1, 0.15) is 6.61 Å². The number of carbonyl (C=O) groups excluding carboxylic acids is 1. The van der Waals surface area contributed by atoms with Crippen molar-refractivity contribution in [1.29, 1.82) is 0 Å². The van der Waals surface area contributed by atoms with Crippen LogP contribution in [0.3, 0.4) is 0 Å². The Bertz CT molecular complexity index is 972. The van der Waals surface area contributed by atoms with Crippen LogP contribution < -0.4 is 5.32 Å². The van der Waals surface area contributed by atoms with E-state index < -0.39 is 0 Å². The Kier molecular flexibility index (Phi) is 44.1. The van der Waals surface area contributed by atoms with E-state index in [1.54, 1.807) is 12.1 Å². The highest BCUT2D eigenvalue weighted by atomic mass is 16.6. The highest BCUT2D eigenvalue weighted by Gasteiger charge is 2.07. The summed E-state index contributed by atoms with van der Waals surface area (Å²) in [5.74, 6) is -0.356. The SMILES string of the molecule is CCCCCCCCCCCCCCCCCCOCCOCCOCCOCCOCCOCCOCCOCCOCCOC(=O)c1ccc(NCCCC)cc1. The standard InChI is InChI=1S/C47H87NO11/c1-3-5-7-8-9-10-11-12-13-14-15-16-17-18-19-20-26-50-27-28-51-29-30-52-31-32-53-33-34-54-35-36-55-37-38-56-39-40-57-41-42-58-43-44-59-47(49)45-21-23-46(24-22-45)48-25-6-4-2/h21-24,48H,3-20,25-44H2,1-2H3. The molecule has 0 aliphatic rings. The summed E-state index contributed by atoms with van der Waals surface area (Å²) in [4.78, 5) is 12.2. The van der Waals surface area contributed by atoms with Crippen molar-refractivity contribution in [2.45, 2.75) is 129 Å². The number of unbranched alkanes of at least 4 members (excludes halogenated alkanes) is 16. The Morgan fingerprint density at radius 1 is 0.356 bits per heavy atom. The fourth-order valence-corrected chi connectivity index (χ4v) is 6.02. The smallest absolute Gasteiger partial charge is 0.338 e. The van der Waals surface area contributed by atoms with Gasteiger partial charge in [-0.3, -0.25) is 0 Å². The summed E-state index contributed by atoms with van der Waals surface area (Å²) in [5, 5.41) is 3.32. The predicted octanol–water partition coefficient (Wildman–Crippen LogP) is 9.47. The van der Waals surface area contributed by atoms with E-state index in [9.17, 15) is 4.79 Å². The quantitative estimate of drug-likeness (QED) is 0.0497. The molecule has 0 saturated carbocycles. The van der Waals surface area contributed by atoms with E-state index in [0.717, 1.165) is 38.1 Å². The van der Waals surface area contributed by atoms with Gasteiger partial charge in [-0.1, -0.05) is 117 Å². The van der Waals surface area contributed by atoms with Gasteiger partial charge in [0, 0.05) is 18.8 Å². The topological polar surface area (TPSA) is 121 Å². The highest BCUT2D eigenvalue weighted by Crippen LogP contribution is 2.14. The normalized spacial score (nSPS) is 11.4. The van der Waals surface area contributed by atoms with Crippen LogP contribution in [-0.2, 0) is 47.4 Å². The molecule has 0 bridgehead atoms. The molecule has 1 rings (SSSR count). The Labute approximate surface area is 359 Å². The monoisotopic (exact) mass is 842 g/mol. The van der Waals surface area contributed by atoms with Gasteiger partial charge in [0.05, 0.1) is 118 Å². The van der Waals surface area contributed by atoms with Crippen molar-refractivity contribution < 1.29 is 52.2 Å². The van der Waals surface area contributed by atoms with E-state index in [2.05, 4.69) is 19.2 Å². The first-order valence-corrected chi connectivity index (χ1v) is 23.5. The van der Waals surface area contributed by atoms with E-state index in [1.165, 1.54) is 96.3 Å². The van der Waals surface area contributed by atoms with Crippen LogP contribution in [-0.4, -0.2) is 138 Å². The predicted molar refractivity (Wildman–Crippen MR) is 237 cm³/mol. The Morgan fingerprint density at radius 3 is 0.983 bits per heavy atom. The number of hydrogen-bond donors (Lipinski definition) is 1. The largest absolute Gasteiger partial charge is 0.460 e. The van der Waals surface area contributed by atoms with Crippen LogP contribution in [0.5, 0.6) is 0 Å². The zero-order valence-corrected chi connectivity index (χ0v) is 37.7. The molecule has 0 atom stereocenters. The van der Waals surface area contributed by atoms with E-state index in [1.807, 2.05) is 12.1 Å². The number of esters is 1. The first-order valence-electron chi connectivity index (χ1n) is 23.5. The Morgan fingerprint density at radius 2 is 0.644 bits per heavy atom. The summed E-state index contributed by atoms with van der Waals surface area (Å²) in [5.41, 5.74) is 1.52. The summed E-state index contributed by atoms with van der Waals surface area (Å²) in [7, 11) is 0. The van der Waals surface area contributed by atoms with Crippen LogP contribution >= 0.6 is 0 Å². The van der Waals surface area contributed by atoms with Crippen molar-refractivity contribution >= 4 is 11.7 Å². The molecule has 12 nitrogen and oxygen atoms in total. The molecule has 0 saturated heterocycles. The van der Waals surface area contributed by atoms with Gasteiger partial charge in [0.15, 0.2) is 0 Å². The number of carbonyl (C=O) groups is 1. The average molecular weight is 842 g/mol. The summed E-state index contributed by atoms with van der Waals surface area (Å²) in [6.07, 6.45) is 24.4. The third-order valence-electron chi connectivity index (χ3n) is 9.56. The molecule has 0 spiro atoms. The minimum Gasteiger partial charge on any atom is -0.460 e. The number of benzene rings is 1. The molecule has 346 valence electrons. The van der Waals surface area contributed by atoms with Crippen LogP contribution in [0, 0.1) is 0 Å². The molecule has 59 heavy (non-hydrogen) atoms. The summed E-state index contributed by atoms with van der Waals surface area (Å²) in [6.45, 7) is 15.0. The summed E-state index contributed by atoms with van der Waals surface area (Å²) < 4.78 is 55.2. The third-order valence-corrected chi connectivity index (χ3v) is 9.56. The second-order valence-corrected chi connectivity index (χ2v) is 14.8. The van der Waals surface area contributed by atoms with Crippen LogP contribution in [0.4, 0.5) is 5.69 Å². The van der Waals surface area contributed by atoms with Crippen molar-refractivity contribution in [3.8, 4) is 0 Å². The molecule has 0 heterocycles. The second-order valence-electron chi connectivity index (χ2n) is 14.8. The van der Waals surface area contributed by atoms with Crippen molar-refractivity contribution in [2.24, 2.45) is 0 Å². The van der Waals surface area contributed by atoms with E-state index in [0.29, 0.717) is 118 Å². The van der Waals surface area contributed by atoms with Crippen molar-refractivity contribution in [3.63, 3.8) is 0 Å². The van der Waals surface area contributed by atoms with Gasteiger partial charge in [-0.05, 0) is 37.1 Å². The van der Waals surface area contributed by atoms with Crippen molar-refractivity contribution in [1.82, 2.24) is 0 Å². The Balaban J connectivity index is 1.65. The molecule has 1 aromatic rings. The first kappa shape index (κ1) is 55.1. The third kappa shape index (κ3) is 41.3. The minimum atomic E-state index is -0.356. The molecule has 12 heteroatoms. The van der Waals surface area contributed by atoms with E-state index in [4.69, 9.17) is 47.4 Å². The average Bonchev–Trinajstić information content (AvgIpc) is 3.25. The van der Waals surface area contributed by atoms with Gasteiger partial charge in [0.25, 0.3) is 0 Å². The number of anilines is 1. The molecular formula is C47H87NO11. The van der Waals surface area contributed by atoms with E-state index in [-0.39, 0.29) is 12.6 Å². The van der Waals surface area contributed by atoms with Gasteiger partial charge < -0.3 is 52.7 Å².